The molecule has 0 spiro atoms. The largest absolute Gasteiger partial charge is 0.384 e. The Labute approximate surface area is 141 Å². The molecule has 1 aromatic carbocycles. The molecule has 0 aliphatic rings. The van der Waals surface area contributed by atoms with Crippen molar-refractivity contribution in [3.05, 3.63) is 57.7 Å². The number of aromatic nitrogens is 3. The number of fused-ring (bicyclic) bond motifs is 1. The average molecular weight is 346 g/mol. The van der Waals surface area contributed by atoms with E-state index in [4.69, 9.17) is 9.26 Å². The van der Waals surface area contributed by atoms with Crippen LogP contribution in [0.3, 0.4) is 0 Å². The van der Waals surface area contributed by atoms with Gasteiger partial charge in [-0.3, -0.25) is 9.59 Å². The zero-order chi connectivity index (χ0) is 17.8. The van der Waals surface area contributed by atoms with E-state index in [0.29, 0.717) is 18.9 Å². The molecule has 130 valence electrons. The Hall–Kier alpha value is -3.07. The maximum absolute atomic E-state index is 13.8. The second kappa shape index (κ2) is 7.22. The topological polar surface area (TPSA) is 110 Å². The zero-order valence-corrected chi connectivity index (χ0v) is 13.3. The number of nitrogens with zero attached hydrogens (tertiary/aromatic N) is 2. The predicted octanol–water partition coefficient (Wildman–Crippen LogP) is 1.17. The molecule has 25 heavy (non-hydrogen) atoms. The summed E-state index contributed by atoms with van der Waals surface area (Å²) >= 11 is 0. The lowest BCUT2D eigenvalue weighted by Crippen LogP contribution is -2.25. The van der Waals surface area contributed by atoms with Gasteiger partial charge in [-0.25, -0.2) is 4.39 Å². The molecular formula is C16H15FN4O4. The van der Waals surface area contributed by atoms with Gasteiger partial charge in [-0.15, -0.1) is 0 Å². The third-order valence-electron chi connectivity index (χ3n) is 3.50. The number of para-hydroxylation sites is 1. The van der Waals surface area contributed by atoms with Crippen LogP contribution in [0.25, 0.3) is 10.9 Å². The third kappa shape index (κ3) is 3.72. The first-order valence-electron chi connectivity index (χ1n) is 7.48. The molecule has 1 amide bonds. The number of benzene rings is 1. The van der Waals surface area contributed by atoms with E-state index in [1.165, 1.54) is 18.2 Å². The highest BCUT2D eigenvalue weighted by molar-refractivity contribution is 5.94. The van der Waals surface area contributed by atoms with Gasteiger partial charge in [0.15, 0.2) is 11.3 Å². The second-order valence-corrected chi connectivity index (χ2v) is 5.24. The van der Waals surface area contributed by atoms with Gasteiger partial charge in [-0.05, 0) is 12.1 Å². The predicted molar refractivity (Wildman–Crippen MR) is 85.6 cm³/mol. The number of carbonyl (C=O) groups excluding carboxylic acids is 1. The Morgan fingerprint density at radius 3 is 3.08 bits per heavy atom. The molecule has 0 unspecified atom stereocenters. The molecule has 0 aliphatic carbocycles. The minimum Gasteiger partial charge on any atom is -0.384 e. The Morgan fingerprint density at radius 1 is 1.44 bits per heavy atom. The Morgan fingerprint density at radius 2 is 2.28 bits per heavy atom. The van der Waals surface area contributed by atoms with Gasteiger partial charge in [0.2, 0.25) is 5.89 Å². The molecule has 3 rings (SSSR count). The Bertz CT molecular complexity index is 966. The Kier molecular flexibility index (Phi) is 4.85. The lowest BCUT2D eigenvalue weighted by Gasteiger charge is -2.05. The van der Waals surface area contributed by atoms with Crippen LogP contribution in [0.4, 0.5) is 4.39 Å². The maximum atomic E-state index is 13.8. The van der Waals surface area contributed by atoms with Crippen molar-refractivity contribution in [2.75, 3.05) is 13.7 Å². The van der Waals surface area contributed by atoms with Crippen molar-refractivity contribution in [2.45, 2.75) is 13.0 Å². The number of halogens is 1. The van der Waals surface area contributed by atoms with Gasteiger partial charge in [-0.1, -0.05) is 11.2 Å². The van der Waals surface area contributed by atoms with Crippen LogP contribution in [0.2, 0.25) is 0 Å². The van der Waals surface area contributed by atoms with Crippen LogP contribution < -0.4 is 10.7 Å². The lowest BCUT2D eigenvalue weighted by molar-refractivity contribution is 0.0941. The van der Waals surface area contributed by atoms with Crippen molar-refractivity contribution in [2.24, 2.45) is 0 Å². The summed E-state index contributed by atoms with van der Waals surface area (Å²) in [6, 6.07) is 5.25. The first kappa shape index (κ1) is 16.8. The number of aromatic amines is 1. The summed E-state index contributed by atoms with van der Waals surface area (Å²) in [7, 11) is 1.56. The van der Waals surface area contributed by atoms with Gasteiger partial charge in [0.05, 0.1) is 18.7 Å². The monoisotopic (exact) mass is 346 g/mol. The van der Waals surface area contributed by atoms with E-state index in [1.807, 2.05) is 0 Å². The van der Waals surface area contributed by atoms with E-state index < -0.39 is 17.2 Å². The molecule has 0 aliphatic heterocycles. The molecule has 2 aromatic heterocycles. The van der Waals surface area contributed by atoms with E-state index in [2.05, 4.69) is 20.4 Å². The molecule has 8 nitrogen and oxygen atoms in total. The number of rotatable bonds is 6. The van der Waals surface area contributed by atoms with Gasteiger partial charge in [0.1, 0.15) is 11.5 Å². The lowest BCUT2D eigenvalue weighted by atomic mass is 10.2. The first-order valence-corrected chi connectivity index (χ1v) is 7.48. The molecule has 0 radical (unpaired) electrons. The van der Waals surface area contributed by atoms with Crippen molar-refractivity contribution in [1.29, 1.82) is 0 Å². The number of hydrogen-bond donors (Lipinski definition) is 2. The van der Waals surface area contributed by atoms with Crippen molar-refractivity contribution in [3.8, 4) is 0 Å². The summed E-state index contributed by atoms with van der Waals surface area (Å²) in [5.41, 5.74) is -0.514. The minimum atomic E-state index is -0.607. The number of H-pyrrole nitrogens is 1. The quantitative estimate of drug-likeness (QED) is 0.693. The minimum absolute atomic E-state index is 0.0141. The highest BCUT2D eigenvalue weighted by Crippen LogP contribution is 2.12. The van der Waals surface area contributed by atoms with Crippen LogP contribution in [0, 0.1) is 5.82 Å². The fourth-order valence-electron chi connectivity index (χ4n) is 2.27. The van der Waals surface area contributed by atoms with Gasteiger partial charge in [0, 0.05) is 25.0 Å². The fraction of sp³-hybridized carbons (Fsp3) is 0.250. The SMILES string of the molecule is COCCc1noc(CNC(=O)c2cc(=O)c3cccc(F)c3[nH]2)n1. The highest BCUT2D eigenvalue weighted by atomic mass is 19.1. The van der Waals surface area contributed by atoms with Gasteiger partial charge in [0.25, 0.3) is 5.91 Å². The summed E-state index contributed by atoms with van der Waals surface area (Å²) in [6.45, 7) is 0.436. The van der Waals surface area contributed by atoms with Gasteiger partial charge < -0.3 is 19.6 Å². The number of carbonyl (C=O) groups is 1. The number of nitrogens with one attached hydrogen (secondary N) is 2. The van der Waals surface area contributed by atoms with Gasteiger partial charge in [-0.2, -0.15) is 4.98 Å². The van der Waals surface area contributed by atoms with Crippen molar-refractivity contribution < 1.29 is 18.4 Å². The normalized spacial score (nSPS) is 11.0. The molecule has 2 N–H and O–H groups in total. The van der Waals surface area contributed by atoms with E-state index >= 15 is 0 Å². The van der Waals surface area contributed by atoms with E-state index in [9.17, 15) is 14.0 Å². The van der Waals surface area contributed by atoms with Gasteiger partial charge >= 0.3 is 0 Å². The van der Waals surface area contributed by atoms with Crippen LogP contribution in [0.5, 0.6) is 0 Å². The molecule has 0 saturated carbocycles. The zero-order valence-electron chi connectivity index (χ0n) is 13.3. The molecule has 9 heteroatoms. The van der Waals surface area contributed by atoms with Crippen molar-refractivity contribution in [1.82, 2.24) is 20.4 Å². The number of hydrogen-bond acceptors (Lipinski definition) is 6. The molecule has 2 heterocycles. The standard InChI is InChI=1S/C16H15FN4O4/c1-24-6-5-13-20-14(25-21-13)8-18-16(23)11-7-12(22)9-3-2-4-10(17)15(9)19-11/h2-4,7H,5-6,8H2,1H3,(H,18,23)(H,19,22). The molecule has 0 saturated heterocycles. The fourth-order valence-corrected chi connectivity index (χ4v) is 2.27. The summed E-state index contributed by atoms with van der Waals surface area (Å²) in [6.07, 6.45) is 0.491. The number of methoxy groups -OCH3 is 1. The highest BCUT2D eigenvalue weighted by Gasteiger charge is 2.13. The van der Waals surface area contributed by atoms with E-state index in [-0.39, 0.29) is 29.0 Å². The second-order valence-electron chi connectivity index (χ2n) is 5.24. The summed E-state index contributed by atoms with van der Waals surface area (Å²) < 4.78 is 23.7. The summed E-state index contributed by atoms with van der Waals surface area (Å²) in [4.78, 5) is 30.9. The number of pyridine rings is 1. The van der Waals surface area contributed by atoms with E-state index in [0.717, 1.165) is 6.07 Å². The average Bonchev–Trinajstić information content (AvgIpc) is 3.06. The smallest absolute Gasteiger partial charge is 0.268 e. The van der Waals surface area contributed by atoms with E-state index in [1.54, 1.807) is 7.11 Å². The molecule has 3 aromatic rings. The molecule has 0 atom stereocenters. The first-order chi connectivity index (χ1) is 12.1. The van der Waals surface area contributed by atoms with Crippen LogP contribution in [-0.4, -0.2) is 34.7 Å². The molecule has 0 bridgehead atoms. The molecule has 0 fully saturated rings. The molecular weight excluding hydrogens is 331 g/mol. The van der Waals surface area contributed by atoms with Crippen LogP contribution in [0.1, 0.15) is 22.2 Å². The maximum Gasteiger partial charge on any atom is 0.268 e. The van der Waals surface area contributed by atoms with Crippen molar-refractivity contribution in [3.63, 3.8) is 0 Å². The third-order valence-corrected chi connectivity index (χ3v) is 3.50. The Balaban J connectivity index is 1.73. The van der Waals surface area contributed by atoms with Crippen LogP contribution in [-0.2, 0) is 17.7 Å². The van der Waals surface area contributed by atoms with Crippen LogP contribution in [0.15, 0.2) is 33.6 Å². The van der Waals surface area contributed by atoms with Crippen molar-refractivity contribution >= 4 is 16.8 Å². The number of ether oxygens (including phenoxy) is 1. The summed E-state index contributed by atoms with van der Waals surface area (Å²) in [5.74, 6) is -0.510. The summed E-state index contributed by atoms with van der Waals surface area (Å²) in [5, 5.41) is 6.46. The number of amides is 1. The van der Waals surface area contributed by atoms with Crippen LogP contribution >= 0.6 is 0 Å².